The molecule has 0 radical (unpaired) electrons. The molecule has 19 heavy (non-hydrogen) atoms. The van der Waals surface area contributed by atoms with Gasteiger partial charge in [-0.3, -0.25) is 4.90 Å². The van der Waals surface area contributed by atoms with Crippen LogP contribution in [0.4, 0.5) is 0 Å². The lowest BCUT2D eigenvalue weighted by Crippen LogP contribution is -2.43. The van der Waals surface area contributed by atoms with Gasteiger partial charge in [0.15, 0.2) is 0 Å². The van der Waals surface area contributed by atoms with E-state index in [4.69, 9.17) is 5.73 Å². The molecular formula is C16H28N2S. The summed E-state index contributed by atoms with van der Waals surface area (Å²) in [6, 6.07) is 5.23. The van der Waals surface area contributed by atoms with Gasteiger partial charge in [-0.25, -0.2) is 0 Å². The van der Waals surface area contributed by atoms with Gasteiger partial charge in [0.05, 0.1) is 6.04 Å². The Labute approximate surface area is 122 Å². The third-order valence-corrected chi connectivity index (χ3v) is 5.55. The van der Waals surface area contributed by atoms with Gasteiger partial charge in [-0.05, 0) is 44.7 Å². The number of rotatable bonds is 1. The topological polar surface area (TPSA) is 29.3 Å². The molecule has 1 aromatic heterocycles. The molecule has 0 aromatic carbocycles. The largest absolute Gasteiger partial charge is 0.326 e. The number of nitrogens with two attached hydrogens (primary N) is 1. The number of hydrogen-bond acceptors (Lipinski definition) is 3. The van der Waals surface area contributed by atoms with Crippen LogP contribution >= 0.6 is 11.3 Å². The van der Waals surface area contributed by atoms with E-state index in [2.05, 4.69) is 58.6 Å². The second-order valence-corrected chi connectivity index (χ2v) is 8.83. The Morgan fingerprint density at radius 3 is 2.26 bits per heavy atom. The van der Waals surface area contributed by atoms with Crippen LogP contribution in [-0.2, 0) is 5.41 Å². The quantitative estimate of drug-likeness (QED) is 0.845. The third-order valence-electron chi connectivity index (χ3n) is 3.96. The molecule has 2 rings (SSSR count). The van der Waals surface area contributed by atoms with E-state index in [1.807, 2.05) is 11.3 Å². The highest BCUT2D eigenvalue weighted by molar-refractivity contribution is 7.12. The van der Waals surface area contributed by atoms with Gasteiger partial charge in [0.2, 0.25) is 0 Å². The summed E-state index contributed by atoms with van der Waals surface area (Å²) in [6.45, 7) is 14.8. The van der Waals surface area contributed by atoms with Gasteiger partial charge in [0, 0.05) is 27.9 Å². The zero-order valence-electron chi connectivity index (χ0n) is 13.2. The lowest BCUT2D eigenvalue weighted by molar-refractivity contribution is 0.119. The van der Waals surface area contributed by atoms with Crippen molar-refractivity contribution in [3.63, 3.8) is 0 Å². The highest BCUT2D eigenvalue weighted by Gasteiger charge is 2.39. The molecule has 0 spiro atoms. The van der Waals surface area contributed by atoms with Crippen molar-refractivity contribution in [3.05, 3.63) is 21.9 Å². The molecule has 1 aliphatic rings. The summed E-state index contributed by atoms with van der Waals surface area (Å²) in [5, 5.41) is 0. The van der Waals surface area contributed by atoms with E-state index in [1.54, 1.807) is 0 Å². The molecule has 2 nitrogen and oxygen atoms in total. The van der Waals surface area contributed by atoms with Gasteiger partial charge >= 0.3 is 0 Å². The van der Waals surface area contributed by atoms with Crippen LogP contribution in [-0.4, -0.2) is 23.0 Å². The first-order valence-corrected chi connectivity index (χ1v) is 8.05. The van der Waals surface area contributed by atoms with E-state index in [0.29, 0.717) is 6.04 Å². The average molecular weight is 280 g/mol. The Bertz CT molecular complexity index is 436. The Morgan fingerprint density at radius 2 is 1.79 bits per heavy atom. The Balaban J connectivity index is 2.31. The molecule has 108 valence electrons. The molecule has 0 amide bonds. The highest BCUT2D eigenvalue weighted by atomic mass is 32.1. The minimum atomic E-state index is 0.185. The first-order valence-electron chi connectivity index (χ1n) is 7.23. The fourth-order valence-corrected chi connectivity index (χ4v) is 4.10. The molecule has 0 saturated carbocycles. The fourth-order valence-electron chi connectivity index (χ4n) is 2.85. The summed E-state index contributed by atoms with van der Waals surface area (Å²) < 4.78 is 0. The standard InChI is InChI=1S/C16H28N2S/c1-15(2,3)13-8-7-12(19-13)14-11(17)9-10-18(14)16(4,5)6/h7-8,11,14H,9-10,17H2,1-6H3. The van der Waals surface area contributed by atoms with Crippen LogP contribution in [0, 0.1) is 0 Å². The van der Waals surface area contributed by atoms with E-state index < -0.39 is 0 Å². The van der Waals surface area contributed by atoms with Crippen LogP contribution in [0.5, 0.6) is 0 Å². The van der Waals surface area contributed by atoms with E-state index >= 15 is 0 Å². The predicted octanol–water partition coefficient (Wildman–Crippen LogP) is 3.92. The van der Waals surface area contributed by atoms with Gasteiger partial charge < -0.3 is 5.73 Å². The van der Waals surface area contributed by atoms with Gasteiger partial charge in [0.25, 0.3) is 0 Å². The number of nitrogens with zero attached hydrogens (tertiary/aromatic N) is 1. The average Bonchev–Trinajstić information content (AvgIpc) is 2.80. The summed E-state index contributed by atoms with van der Waals surface area (Å²) in [4.78, 5) is 5.45. The molecule has 1 fully saturated rings. The van der Waals surface area contributed by atoms with E-state index in [0.717, 1.165) is 13.0 Å². The van der Waals surface area contributed by atoms with Crippen molar-refractivity contribution >= 4 is 11.3 Å². The second kappa shape index (κ2) is 4.87. The minimum Gasteiger partial charge on any atom is -0.326 e. The normalized spacial score (nSPS) is 26.1. The maximum absolute atomic E-state index is 6.38. The maximum Gasteiger partial charge on any atom is 0.0598 e. The van der Waals surface area contributed by atoms with E-state index in [1.165, 1.54) is 9.75 Å². The van der Waals surface area contributed by atoms with Crippen molar-refractivity contribution in [2.24, 2.45) is 5.73 Å². The van der Waals surface area contributed by atoms with Crippen molar-refractivity contribution < 1.29 is 0 Å². The van der Waals surface area contributed by atoms with Crippen LogP contribution < -0.4 is 5.73 Å². The molecule has 2 unspecified atom stereocenters. The molecule has 0 bridgehead atoms. The molecule has 1 aliphatic heterocycles. The molecule has 1 saturated heterocycles. The lowest BCUT2D eigenvalue weighted by atomic mass is 9.95. The fraction of sp³-hybridized carbons (Fsp3) is 0.750. The summed E-state index contributed by atoms with van der Waals surface area (Å²) in [5.74, 6) is 0. The zero-order chi connectivity index (χ0) is 14.4. The SMILES string of the molecule is CC(C)(C)c1ccc(C2C(N)CCN2C(C)(C)C)s1. The molecule has 1 aromatic rings. The van der Waals surface area contributed by atoms with Gasteiger partial charge in [-0.1, -0.05) is 20.8 Å². The Hall–Kier alpha value is -0.380. The highest BCUT2D eigenvalue weighted by Crippen LogP contribution is 2.41. The molecule has 0 aliphatic carbocycles. The summed E-state index contributed by atoms with van der Waals surface area (Å²) in [5.41, 5.74) is 6.80. The molecule has 2 N–H and O–H groups in total. The number of thiophene rings is 1. The van der Waals surface area contributed by atoms with Crippen molar-refractivity contribution in [1.29, 1.82) is 0 Å². The molecule has 2 atom stereocenters. The van der Waals surface area contributed by atoms with Crippen molar-refractivity contribution in [1.82, 2.24) is 4.90 Å². The summed E-state index contributed by atoms with van der Waals surface area (Å²) in [7, 11) is 0. The van der Waals surface area contributed by atoms with Crippen molar-refractivity contribution in [2.75, 3.05) is 6.54 Å². The van der Waals surface area contributed by atoms with E-state index in [9.17, 15) is 0 Å². The lowest BCUT2D eigenvalue weighted by Gasteiger charge is -2.37. The maximum atomic E-state index is 6.38. The van der Waals surface area contributed by atoms with Gasteiger partial charge in [0.1, 0.15) is 0 Å². The second-order valence-electron chi connectivity index (χ2n) is 7.71. The first-order chi connectivity index (χ1) is 8.60. The number of hydrogen-bond donors (Lipinski definition) is 1. The molecule has 3 heteroatoms. The molecular weight excluding hydrogens is 252 g/mol. The first kappa shape index (κ1) is 15.0. The number of likely N-dealkylation sites (tertiary alicyclic amines) is 1. The van der Waals surface area contributed by atoms with Crippen LogP contribution in [0.15, 0.2) is 12.1 Å². The summed E-state index contributed by atoms with van der Waals surface area (Å²) in [6.07, 6.45) is 1.10. The molecule has 2 heterocycles. The van der Waals surface area contributed by atoms with Crippen LogP contribution in [0.1, 0.15) is 63.8 Å². The van der Waals surface area contributed by atoms with Crippen LogP contribution in [0.25, 0.3) is 0 Å². The van der Waals surface area contributed by atoms with Crippen LogP contribution in [0.3, 0.4) is 0 Å². The summed E-state index contributed by atoms with van der Waals surface area (Å²) >= 11 is 1.94. The smallest absolute Gasteiger partial charge is 0.0598 e. The van der Waals surface area contributed by atoms with E-state index in [-0.39, 0.29) is 17.0 Å². The monoisotopic (exact) mass is 280 g/mol. The van der Waals surface area contributed by atoms with Crippen LogP contribution in [0.2, 0.25) is 0 Å². The third kappa shape index (κ3) is 3.04. The van der Waals surface area contributed by atoms with Crippen molar-refractivity contribution in [3.8, 4) is 0 Å². The predicted molar refractivity (Wildman–Crippen MR) is 84.8 cm³/mol. The minimum absolute atomic E-state index is 0.185. The van der Waals surface area contributed by atoms with Crippen molar-refractivity contribution in [2.45, 2.75) is 71.0 Å². The Morgan fingerprint density at radius 1 is 1.16 bits per heavy atom. The van der Waals surface area contributed by atoms with Gasteiger partial charge in [-0.15, -0.1) is 11.3 Å². The Kier molecular flexibility index (Phi) is 3.85. The van der Waals surface area contributed by atoms with Gasteiger partial charge in [-0.2, -0.15) is 0 Å². The zero-order valence-corrected chi connectivity index (χ0v) is 14.0.